The van der Waals surface area contributed by atoms with Crippen LogP contribution in [0.5, 0.6) is 0 Å². The molecule has 1 heteroatoms. The fourth-order valence-electron chi connectivity index (χ4n) is 3.75. The van der Waals surface area contributed by atoms with Crippen LogP contribution < -0.4 is 0 Å². The molecule has 2 rings (SSSR count). The van der Waals surface area contributed by atoms with Gasteiger partial charge in [-0.3, -0.25) is 0 Å². The number of benzene rings is 1. The summed E-state index contributed by atoms with van der Waals surface area (Å²) in [6, 6.07) is 8.77. The number of hydrogen-bond acceptors (Lipinski definition) is 1. The highest BCUT2D eigenvalue weighted by Gasteiger charge is 2.35. The van der Waals surface area contributed by atoms with Crippen molar-refractivity contribution in [1.82, 2.24) is 0 Å². The summed E-state index contributed by atoms with van der Waals surface area (Å²) in [5, 5.41) is 10.0. The van der Waals surface area contributed by atoms with Crippen LogP contribution in [-0.4, -0.2) is 11.7 Å². The normalized spacial score (nSPS) is 21.7. The molecule has 1 aromatic rings. The zero-order valence-electron chi connectivity index (χ0n) is 13.0. The lowest BCUT2D eigenvalue weighted by atomic mass is 9.68. The maximum absolute atomic E-state index is 10.0. The fraction of sp³-hybridized carbons (Fsp3) is 0.684. The summed E-state index contributed by atoms with van der Waals surface area (Å²) in [6.07, 6.45) is 12.7. The summed E-state index contributed by atoms with van der Waals surface area (Å²) in [7, 11) is 0. The van der Waals surface area contributed by atoms with Gasteiger partial charge in [-0.2, -0.15) is 0 Å². The number of aliphatic hydroxyl groups is 1. The van der Waals surface area contributed by atoms with Crippen LogP contribution in [-0.2, 0) is 11.8 Å². The molecule has 1 aliphatic rings. The Balaban J connectivity index is 1.93. The smallest absolute Gasteiger partial charge is 0.0528 e. The molecular weight excluding hydrogens is 244 g/mol. The van der Waals surface area contributed by atoms with Gasteiger partial charge in [-0.05, 0) is 36.8 Å². The van der Waals surface area contributed by atoms with Crippen molar-refractivity contribution >= 4 is 0 Å². The molecule has 0 saturated heterocycles. The second-order valence-corrected chi connectivity index (χ2v) is 6.47. The number of rotatable bonds is 8. The van der Waals surface area contributed by atoms with Crippen molar-refractivity contribution in [3.05, 3.63) is 35.4 Å². The Morgan fingerprint density at radius 1 is 1.05 bits per heavy atom. The summed E-state index contributed by atoms with van der Waals surface area (Å²) >= 11 is 0. The highest BCUT2D eigenvalue weighted by atomic mass is 16.3. The molecule has 0 aliphatic heterocycles. The van der Waals surface area contributed by atoms with Crippen molar-refractivity contribution in [3.8, 4) is 0 Å². The molecule has 0 saturated carbocycles. The first-order valence-electron chi connectivity index (χ1n) is 8.51. The van der Waals surface area contributed by atoms with E-state index in [1.807, 2.05) is 0 Å². The van der Waals surface area contributed by atoms with Gasteiger partial charge in [0.05, 0.1) is 6.61 Å². The molecule has 1 aliphatic carbocycles. The zero-order valence-corrected chi connectivity index (χ0v) is 13.0. The van der Waals surface area contributed by atoms with Crippen LogP contribution in [0.25, 0.3) is 0 Å². The molecule has 20 heavy (non-hydrogen) atoms. The quantitative estimate of drug-likeness (QED) is 0.661. The minimum Gasteiger partial charge on any atom is -0.395 e. The first-order chi connectivity index (χ1) is 9.82. The topological polar surface area (TPSA) is 20.2 Å². The molecule has 1 N–H and O–H groups in total. The lowest BCUT2D eigenvalue weighted by Crippen LogP contribution is -2.34. The van der Waals surface area contributed by atoms with E-state index in [9.17, 15) is 5.11 Å². The molecule has 0 bridgehead atoms. The third kappa shape index (κ3) is 3.63. The summed E-state index contributed by atoms with van der Waals surface area (Å²) in [6.45, 7) is 2.58. The van der Waals surface area contributed by atoms with Gasteiger partial charge in [0, 0.05) is 5.41 Å². The van der Waals surface area contributed by atoms with Gasteiger partial charge >= 0.3 is 0 Å². The van der Waals surface area contributed by atoms with Gasteiger partial charge in [0.25, 0.3) is 0 Å². The van der Waals surface area contributed by atoms with Crippen LogP contribution >= 0.6 is 0 Å². The Hall–Kier alpha value is -0.820. The summed E-state index contributed by atoms with van der Waals surface area (Å²) in [5.74, 6) is 0. The predicted molar refractivity (Wildman–Crippen MR) is 86.1 cm³/mol. The van der Waals surface area contributed by atoms with E-state index in [1.54, 1.807) is 0 Å². The highest BCUT2D eigenvalue weighted by Crippen LogP contribution is 2.40. The molecule has 1 atom stereocenters. The van der Waals surface area contributed by atoms with Crippen LogP contribution in [0.3, 0.4) is 0 Å². The van der Waals surface area contributed by atoms with Gasteiger partial charge in [-0.15, -0.1) is 0 Å². The molecule has 0 spiro atoms. The van der Waals surface area contributed by atoms with E-state index in [0.717, 1.165) is 12.8 Å². The van der Waals surface area contributed by atoms with E-state index in [0.29, 0.717) is 6.61 Å². The van der Waals surface area contributed by atoms with Crippen molar-refractivity contribution < 1.29 is 5.11 Å². The third-order valence-corrected chi connectivity index (χ3v) is 5.00. The lowest BCUT2D eigenvalue weighted by molar-refractivity contribution is 0.161. The summed E-state index contributed by atoms with van der Waals surface area (Å²) in [5.41, 5.74) is 2.96. The van der Waals surface area contributed by atoms with E-state index >= 15 is 0 Å². The first kappa shape index (κ1) is 15.6. The lowest BCUT2D eigenvalue weighted by Gasteiger charge is -2.38. The number of unbranched alkanes of at least 4 members (excludes halogenated alkanes) is 5. The van der Waals surface area contributed by atoms with Crippen molar-refractivity contribution in [3.63, 3.8) is 0 Å². The Labute approximate surface area is 124 Å². The van der Waals surface area contributed by atoms with Gasteiger partial charge < -0.3 is 5.11 Å². The van der Waals surface area contributed by atoms with Crippen molar-refractivity contribution in [1.29, 1.82) is 0 Å². The Bertz CT molecular complexity index is 399. The largest absolute Gasteiger partial charge is 0.395 e. The molecule has 1 unspecified atom stereocenters. The average molecular weight is 274 g/mol. The van der Waals surface area contributed by atoms with E-state index in [2.05, 4.69) is 31.2 Å². The van der Waals surface area contributed by atoms with E-state index in [-0.39, 0.29) is 5.41 Å². The van der Waals surface area contributed by atoms with Crippen molar-refractivity contribution in [2.24, 2.45) is 0 Å². The van der Waals surface area contributed by atoms with Gasteiger partial charge in [0.2, 0.25) is 0 Å². The fourth-order valence-corrected chi connectivity index (χ4v) is 3.75. The second kappa shape index (κ2) is 7.83. The molecule has 0 amide bonds. The van der Waals surface area contributed by atoms with Gasteiger partial charge in [0.15, 0.2) is 0 Å². The molecule has 0 fully saturated rings. The molecule has 1 aromatic carbocycles. The molecule has 0 aromatic heterocycles. The van der Waals surface area contributed by atoms with Crippen molar-refractivity contribution in [2.75, 3.05) is 6.61 Å². The van der Waals surface area contributed by atoms with Gasteiger partial charge in [-0.25, -0.2) is 0 Å². The third-order valence-electron chi connectivity index (χ3n) is 5.00. The predicted octanol–water partition coefficient (Wildman–Crippen LogP) is 5.00. The van der Waals surface area contributed by atoms with E-state index in [1.165, 1.54) is 62.5 Å². The van der Waals surface area contributed by atoms with Crippen LogP contribution in [0.1, 0.15) is 75.8 Å². The standard InChI is InChI=1S/C19H30O/c1-2-3-4-5-6-9-14-19(16-20)15-10-12-17-11-7-8-13-18(17)19/h7-8,11,13,20H,2-6,9-10,12,14-16H2,1H3. The molecular formula is C19H30O. The Kier molecular flexibility index (Phi) is 6.09. The molecule has 1 nitrogen and oxygen atoms in total. The van der Waals surface area contributed by atoms with Crippen LogP contribution in [0.2, 0.25) is 0 Å². The van der Waals surface area contributed by atoms with Gasteiger partial charge in [0.1, 0.15) is 0 Å². The van der Waals surface area contributed by atoms with E-state index < -0.39 is 0 Å². The van der Waals surface area contributed by atoms with E-state index in [4.69, 9.17) is 0 Å². The minimum atomic E-state index is 0.0552. The average Bonchev–Trinajstić information content (AvgIpc) is 2.51. The first-order valence-corrected chi connectivity index (χ1v) is 8.51. The van der Waals surface area contributed by atoms with Crippen LogP contribution in [0.15, 0.2) is 24.3 Å². The molecule has 0 heterocycles. The summed E-state index contributed by atoms with van der Waals surface area (Å²) in [4.78, 5) is 0. The second-order valence-electron chi connectivity index (χ2n) is 6.47. The van der Waals surface area contributed by atoms with Crippen molar-refractivity contribution in [2.45, 2.75) is 76.5 Å². The Morgan fingerprint density at radius 3 is 2.60 bits per heavy atom. The van der Waals surface area contributed by atoms with Crippen LogP contribution in [0.4, 0.5) is 0 Å². The maximum Gasteiger partial charge on any atom is 0.0528 e. The number of aryl methyl sites for hydroxylation is 1. The number of aliphatic hydroxyl groups excluding tert-OH is 1. The highest BCUT2D eigenvalue weighted by molar-refractivity contribution is 5.36. The maximum atomic E-state index is 10.0. The SMILES string of the molecule is CCCCCCCCC1(CO)CCCc2ccccc21. The molecule has 112 valence electrons. The number of fused-ring (bicyclic) bond motifs is 1. The monoisotopic (exact) mass is 274 g/mol. The number of hydrogen-bond donors (Lipinski definition) is 1. The minimum absolute atomic E-state index is 0.0552. The van der Waals surface area contributed by atoms with Gasteiger partial charge in [-0.1, -0.05) is 69.7 Å². The molecule has 0 radical (unpaired) electrons. The van der Waals surface area contributed by atoms with Crippen LogP contribution in [0, 0.1) is 0 Å². The Morgan fingerprint density at radius 2 is 1.80 bits per heavy atom. The summed E-state index contributed by atoms with van der Waals surface area (Å²) < 4.78 is 0. The zero-order chi connectivity index (χ0) is 14.3.